The summed E-state index contributed by atoms with van der Waals surface area (Å²) in [7, 11) is 0. The minimum Gasteiger partial charge on any atom is -0.258 e. The van der Waals surface area contributed by atoms with Crippen LogP contribution in [0.1, 0.15) is 393 Å². The fourth-order valence-corrected chi connectivity index (χ4v) is 15.3. The van der Waals surface area contributed by atoms with Crippen molar-refractivity contribution in [2.75, 3.05) is 0 Å². The van der Waals surface area contributed by atoms with E-state index in [9.17, 15) is 0 Å². The number of hydrogen-bond donors (Lipinski definition) is 0. The zero-order valence-electron chi connectivity index (χ0n) is 82.4. The van der Waals surface area contributed by atoms with Crippen molar-refractivity contribution in [3.63, 3.8) is 0 Å². The van der Waals surface area contributed by atoms with Gasteiger partial charge in [0, 0.05) is 22.8 Å². The van der Waals surface area contributed by atoms with E-state index >= 15 is 0 Å². The predicted molar refractivity (Wildman–Crippen MR) is 519 cm³/mol. The third-order valence-corrected chi connectivity index (χ3v) is 22.6. The first kappa shape index (κ1) is 105. The highest BCUT2D eigenvalue weighted by molar-refractivity contribution is 5.43. The van der Waals surface area contributed by atoms with Gasteiger partial charge in [-0.05, 0) is 389 Å². The lowest BCUT2D eigenvalue weighted by Gasteiger charge is -2.14. The van der Waals surface area contributed by atoms with Gasteiger partial charge in [0.25, 0.3) is 0 Å². The van der Waals surface area contributed by atoms with E-state index in [1.165, 1.54) is 184 Å². The molecule has 2 heterocycles. The number of aromatic nitrogens is 2. The zero-order valence-corrected chi connectivity index (χ0v) is 82.4. The monoisotopic (exact) mass is 1550 g/mol. The Morgan fingerprint density at radius 1 is 0.165 bits per heavy atom. The highest BCUT2D eigenvalue weighted by Gasteiger charge is 2.13. The molecule has 8 aromatic carbocycles. The van der Waals surface area contributed by atoms with E-state index in [2.05, 4.69) is 454 Å². The molecular formula is C113H168N2. The van der Waals surface area contributed by atoms with Crippen LogP contribution in [0.5, 0.6) is 0 Å². The second kappa shape index (κ2) is 50.6. The molecule has 0 radical (unpaired) electrons. The standard InChI is InChI=1S/3C12H18.2C11H17N.5C11H16/c1-8(2)12-7-10(4)9(3)6-11(12)5;1-8(2)12-10(4)6-9(3)7-11(12)5;1-8(2)12-7-6-9(3)10(4)11(12)5;1-7(2)11-6-8(3)9(4)12-10(11)5;1-7(2)11-8(3)6-9(4)12-10(11)5;2*1-8(2)11-6-5-9(3)10(4)7-11;3*1-8(2)11-6-5-9(3)7-10(11)4/h3*6-8H,1-5H3;2*6-7H,1-5H3;5*5-8H,1-4H3. The van der Waals surface area contributed by atoms with Crippen LogP contribution >= 0.6 is 0 Å². The third-order valence-electron chi connectivity index (χ3n) is 22.6. The van der Waals surface area contributed by atoms with Crippen molar-refractivity contribution in [3.8, 4) is 0 Å². The molecule has 0 bridgehead atoms. The Morgan fingerprint density at radius 3 is 0.791 bits per heavy atom. The number of benzene rings is 8. The maximum Gasteiger partial charge on any atom is 0.0413 e. The molecule has 0 spiro atoms. The molecule has 0 saturated heterocycles. The van der Waals surface area contributed by atoms with Crippen molar-refractivity contribution in [3.05, 3.63) is 335 Å². The third kappa shape index (κ3) is 36.2. The normalized spacial score (nSPS) is 10.7. The lowest BCUT2D eigenvalue weighted by Crippen LogP contribution is -2.00. The Morgan fingerprint density at radius 2 is 0.470 bits per heavy atom. The zero-order chi connectivity index (χ0) is 88.7. The molecule has 0 unspecified atom stereocenters. The molecule has 0 saturated carbocycles. The van der Waals surface area contributed by atoms with Gasteiger partial charge in [0.1, 0.15) is 0 Å². The molecule has 0 fully saturated rings. The van der Waals surface area contributed by atoms with Crippen LogP contribution in [0.25, 0.3) is 0 Å². The molecule has 2 heteroatoms. The summed E-state index contributed by atoms with van der Waals surface area (Å²) in [5.41, 5.74) is 48.5. The number of hydrogen-bond acceptors (Lipinski definition) is 2. The SMILES string of the molecule is Cc1cc(C(C)C)c(C)nc1C.Cc1cc(C)c(C(C)C)c(C)c1.Cc1cc(C)c(C(C)C)c(C)n1.Cc1cc(C)c(C(C)C)cc1C.Cc1ccc(C(C)C)c(C)c1.Cc1ccc(C(C)C)c(C)c1.Cc1ccc(C(C)C)c(C)c1.Cc1ccc(C(C)C)c(C)c1C.Cc1ccc(C(C)C)cc1C.Cc1ccc(C(C)C)cc1C. The quantitative estimate of drug-likeness (QED) is 0.136. The first-order chi connectivity index (χ1) is 53.2. The van der Waals surface area contributed by atoms with Crippen molar-refractivity contribution in [1.82, 2.24) is 9.97 Å². The van der Waals surface area contributed by atoms with Crippen LogP contribution in [-0.2, 0) is 0 Å². The van der Waals surface area contributed by atoms with Crippen molar-refractivity contribution >= 4 is 0 Å². The number of nitrogens with zero attached hydrogens (tertiary/aromatic N) is 2. The average Bonchev–Trinajstić information content (AvgIpc) is 0.821. The molecule has 0 aliphatic rings. The van der Waals surface area contributed by atoms with E-state index in [0.717, 1.165) is 11.4 Å². The summed E-state index contributed by atoms with van der Waals surface area (Å²) in [4.78, 5) is 8.95. The molecule has 0 N–H and O–H groups in total. The molecule has 0 aliphatic carbocycles. The smallest absolute Gasteiger partial charge is 0.0413 e. The molecular weight excluding hydrogens is 1390 g/mol. The van der Waals surface area contributed by atoms with Crippen LogP contribution < -0.4 is 0 Å². The van der Waals surface area contributed by atoms with Gasteiger partial charge >= 0.3 is 0 Å². The minimum atomic E-state index is 0.580. The van der Waals surface area contributed by atoms with E-state index in [-0.39, 0.29) is 0 Å². The largest absolute Gasteiger partial charge is 0.258 e. The number of pyridine rings is 2. The molecule has 630 valence electrons. The molecule has 115 heavy (non-hydrogen) atoms. The van der Waals surface area contributed by atoms with Gasteiger partial charge in [-0.25, -0.2) is 0 Å². The lowest BCUT2D eigenvalue weighted by atomic mass is 9.92. The fraction of sp³-hybridized carbons (Fsp3) is 0.487. The summed E-state index contributed by atoms with van der Waals surface area (Å²) in [6.07, 6.45) is 0. The van der Waals surface area contributed by atoms with E-state index in [0.29, 0.717) is 59.2 Å². The summed E-state index contributed by atoms with van der Waals surface area (Å²) >= 11 is 0. The van der Waals surface area contributed by atoms with E-state index < -0.39 is 0 Å². The summed E-state index contributed by atoms with van der Waals surface area (Å²) < 4.78 is 0. The lowest BCUT2D eigenvalue weighted by molar-refractivity contribution is 0.827. The Hall–Kier alpha value is -7.94. The highest BCUT2D eigenvalue weighted by Crippen LogP contribution is 2.30. The van der Waals surface area contributed by atoms with Gasteiger partial charge in [0.05, 0.1) is 0 Å². The Bertz CT molecular complexity index is 4230. The topological polar surface area (TPSA) is 25.8 Å². The van der Waals surface area contributed by atoms with Gasteiger partial charge in [0.2, 0.25) is 0 Å². The predicted octanol–water partition coefficient (Wildman–Crippen LogP) is 34.6. The van der Waals surface area contributed by atoms with Gasteiger partial charge in [0.15, 0.2) is 0 Å². The van der Waals surface area contributed by atoms with E-state index in [1.807, 2.05) is 6.92 Å². The Kier molecular flexibility index (Phi) is 46.3. The van der Waals surface area contributed by atoms with Gasteiger partial charge in [-0.1, -0.05) is 294 Å². The summed E-state index contributed by atoms with van der Waals surface area (Å²) in [6, 6.07) is 51.4. The number of rotatable bonds is 10. The van der Waals surface area contributed by atoms with Crippen LogP contribution in [0, 0.1) is 173 Å². The van der Waals surface area contributed by atoms with E-state index in [1.54, 1.807) is 0 Å². The molecule has 0 aliphatic heterocycles. The first-order valence-electron chi connectivity index (χ1n) is 43.6. The van der Waals surface area contributed by atoms with Crippen molar-refractivity contribution in [1.29, 1.82) is 0 Å². The summed E-state index contributed by atoms with van der Waals surface area (Å²) in [6.45, 7) is 98.5. The highest BCUT2D eigenvalue weighted by atomic mass is 14.7. The molecule has 10 aromatic rings. The van der Waals surface area contributed by atoms with Crippen LogP contribution in [0.2, 0.25) is 0 Å². The number of aryl methyl sites for hydroxylation is 23. The molecule has 10 rings (SSSR count). The Labute approximate surface area is 711 Å². The van der Waals surface area contributed by atoms with Gasteiger partial charge in [-0.2, -0.15) is 0 Å². The molecule has 2 nitrogen and oxygen atoms in total. The molecule has 0 amide bonds. The maximum absolute atomic E-state index is 4.49. The van der Waals surface area contributed by atoms with Gasteiger partial charge < -0.3 is 0 Å². The first-order valence-corrected chi connectivity index (χ1v) is 43.6. The van der Waals surface area contributed by atoms with Crippen LogP contribution in [0.3, 0.4) is 0 Å². The van der Waals surface area contributed by atoms with Gasteiger partial charge in [-0.3, -0.25) is 9.97 Å². The van der Waals surface area contributed by atoms with Crippen molar-refractivity contribution in [2.45, 2.75) is 371 Å². The van der Waals surface area contributed by atoms with E-state index in [4.69, 9.17) is 0 Å². The average molecular weight is 1550 g/mol. The second-order valence-electron chi connectivity index (χ2n) is 36.8. The summed E-state index contributed by atoms with van der Waals surface area (Å²) in [5, 5.41) is 0. The molecule has 0 atom stereocenters. The van der Waals surface area contributed by atoms with Crippen LogP contribution in [0.15, 0.2) is 140 Å². The fourth-order valence-electron chi connectivity index (χ4n) is 15.3. The van der Waals surface area contributed by atoms with Crippen molar-refractivity contribution in [2.24, 2.45) is 0 Å². The minimum absolute atomic E-state index is 0.580. The van der Waals surface area contributed by atoms with Crippen molar-refractivity contribution < 1.29 is 0 Å². The van der Waals surface area contributed by atoms with Gasteiger partial charge in [-0.15, -0.1) is 0 Å². The van der Waals surface area contributed by atoms with Crippen LogP contribution in [-0.4, -0.2) is 9.97 Å². The maximum atomic E-state index is 4.49. The summed E-state index contributed by atoms with van der Waals surface area (Å²) in [5.74, 6) is 6.33. The Balaban J connectivity index is 0.000000639. The van der Waals surface area contributed by atoms with Crippen LogP contribution in [0.4, 0.5) is 0 Å². The molecule has 2 aromatic heterocycles. The second-order valence-corrected chi connectivity index (χ2v) is 36.8.